The molecule has 0 unspecified atom stereocenters. The van der Waals surface area contributed by atoms with Gasteiger partial charge >= 0.3 is 0 Å². The second-order valence-corrected chi connectivity index (χ2v) is 4.42. The Bertz CT molecular complexity index is 311. The third-order valence-corrected chi connectivity index (χ3v) is 1.91. The van der Waals surface area contributed by atoms with Gasteiger partial charge in [-0.2, -0.15) is 0 Å². The third-order valence-electron chi connectivity index (χ3n) is 1.36. The Kier molecular flexibility index (Phi) is 4.05. The number of rotatable bonds is 4. The average Bonchev–Trinajstić information content (AvgIpc) is 2.02. The molecule has 0 radical (unpaired) electrons. The standard InChI is InChI=1S/C9H7Cl3O2/c10-8(13)6-9(11,12)14-7-4-2-1-3-5-7/h1-5H,6H2. The van der Waals surface area contributed by atoms with E-state index >= 15 is 0 Å². The lowest BCUT2D eigenvalue weighted by atomic mass is 10.3. The molecule has 14 heavy (non-hydrogen) atoms. The monoisotopic (exact) mass is 252 g/mol. The van der Waals surface area contributed by atoms with Crippen molar-refractivity contribution in [3.8, 4) is 5.75 Å². The fraction of sp³-hybridized carbons (Fsp3) is 0.222. The van der Waals surface area contributed by atoms with Crippen LogP contribution in [0.25, 0.3) is 0 Å². The van der Waals surface area contributed by atoms with Crippen molar-refractivity contribution in [3.63, 3.8) is 0 Å². The molecule has 0 aliphatic heterocycles. The van der Waals surface area contributed by atoms with Crippen LogP contribution in [-0.4, -0.2) is 9.76 Å². The Morgan fingerprint density at radius 3 is 2.36 bits per heavy atom. The van der Waals surface area contributed by atoms with Crippen molar-refractivity contribution in [2.45, 2.75) is 10.9 Å². The Hall–Kier alpha value is -0.440. The van der Waals surface area contributed by atoms with Gasteiger partial charge in [0.05, 0.1) is 6.42 Å². The molecule has 1 rings (SSSR count). The molecule has 0 aliphatic rings. The van der Waals surface area contributed by atoms with Crippen LogP contribution in [-0.2, 0) is 4.79 Å². The van der Waals surface area contributed by atoms with E-state index in [1.807, 2.05) is 6.07 Å². The van der Waals surface area contributed by atoms with E-state index in [2.05, 4.69) is 0 Å². The average molecular weight is 254 g/mol. The Balaban J connectivity index is 2.63. The van der Waals surface area contributed by atoms with Crippen LogP contribution in [0.5, 0.6) is 5.75 Å². The minimum atomic E-state index is -1.61. The van der Waals surface area contributed by atoms with Gasteiger partial charge in [0.2, 0.25) is 5.24 Å². The van der Waals surface area contributed by atoms with Gasteiger partial charge in [0.15, 0.2) is 0 Å². The molecule has 0 saturated carbocycles. The first kappa shape index (κ1) is 11.6. The minimum Gasteiger partial charge on any atom is -0.458 e. The first-order valence-electron chi connectivity index (χ1n) is 3.80. The van der Waals surface area contributed by atoms with Gasteiger partial charge in [-0.15, -0.1) is 0 Å². The topological polar surface area (TPSA) is 26.3 Å². The second-order valence-electron chi connectivity index (χ2n) is 2.58. The molecule has 0 aliphatic carbocycles. The summed E-state index contributed by atoms with van der Waals surface area (Å²) in [5.41, 5.74) is 0. The maximum atomic E-state index is 10.6. The van der Waals surface area contributed by atoms with E-state index in [0.29, 0.717) is 5.75 Å². The maximum absolute atomic E-state index is 10.6. The molecule has 0 fully saturated rings. The molecule has 0 spiro atoms. The van der Waals surface area contributed by atoms with E-state index in [-0.39, 0.29) is 6.42 Å². The largest absolute Gasteiger partial charge is 0.458 e. The number of alkyl halides is 2. The van der Waals surface area contributed by atoms with E-state index in [9.17, 15) is 4.79 Å². The number of benzene rings is 1. The molecule has 0 bridgehead atoms. The summed E-state index contributed by atoms with van der Waals surface area (Å²) in [6, 6.07) is 8.71. The van der Waals surface area contributed by atoms with Crippen LogP contribution >= 0.6 is 34.8 Å². The summed E-state index contributed by atoms with van der Waals surface area (Å²) < 4.78 is 3.53. The van der Waals surface area contributed by atoms with Crippen molar-refractivity contribution in [1.29, 1.82) is 0 Å². The number of hydrogen-bond donors (Lipinski definition) is 0. The normalized spacial score (nSPS) is 11.1. The lowest BCUT2D eigenvalue weighted by Crippen LogP contribution is -2.23. The molecule has 0 amide bonds. The van der Waals surface area contributed by atoms with Gasteiger partial charge in [-0.05, 0) is 23.7 Å². The van der Waals surface area contributed by atoms with E-state index in [1.54, 1.807) is 24.3 Å². The lowest BCUT2D eigenvalue weighted by molar-refractivity contribution is -0.112. The predicted molar refractivity (Wildman–Crippen MR) is 57.0 cm³/mol. The minimum absolute atomic E-state index is 0.271. The van der Waals surface area contributed by atoms with Gasteiger partial charge in [0, 0.05) is 0 Å². The highest BCUT2D eigenvalue weighted by molar-refractivity contribution is 6.65. The number of carbonyl (C=O) groups is 1. The zero-order chi connectivity index (χ0) is 10.6. The molecular formula is C9H7Cl3O2. The molecule has 0 aromatic heterocycles. The number of carbonyl (C=O) groups excluding carboxylic acids is 1. The predicted octanol–water partition coefficient (Wildman–Crippen LogP) is 3.35. The molecule has 0 atom stereocenters. The number of hydrogen-bond acceptors (Lipinski definition) is 2. The van der Waals surface area contributed by atoms with Gasteiger partial charge < -0.3 is 4.74 Å². The maximum Gasteiger partial charge on any atom is 0.266 e. The van der Waals surface area contributed by atoms with Crippen LogP contribution in [0.1, 0.15) is 6.42 Å². The summed E-state index contributed by atoms with van der Waals surface area (Å²) in [6.07, 6.45) is -0.271. The molecule has 1 aromatic carbocycles. The van der Waals surface area contributed by atoms with Crippen molar-refractivity contribution >= 4 is 40.0 Å². The first-order chi connectivity index (χ1) is 6.49. The summed E-state index contributed by atoms with van der Waals surface area (Å²) in [5.74, 6) is 0.482. The van der Waals surface area contributed by atoms with Crippen molar-refractivity contribution in [1.82, 2.24) is 0 Å². The van der Waals surface area contributed by atoms with Gasteiger partial charge in [0.1, 0.15) is 5.75 Å². The van der Waals surface area contributed by atoms with Crippen LogP contribution in [0.2, 0.25) is 0 Å². The zero-order valence-electron chi connectivity index (χ0n) is 7.04. The molecule has 2 nitrogen and oxygen atoms in total. The molecule has 0 saturated heterocycles. The highest BCUT2D eigenvalue weighted by atomic mass is 35.5. The highest BCUT2D eigenvalue weighted by Gasteiger charge is 2.29. The third kappa shape index (κ3) is 4.18. The lowest BCUT2D eigenvalue weighted by Gasteiger charge is -2.19. The van der Waals surface area contributed by atoms with Crippen LogP contribution in [0.3, 0.4) is 0 Å². The fourth-order valence-electron chi connectivity index (χ4n) is 0.859. The number of ether oxygens (including phenoxy) is 1. The van der Waals surface area contributed by atoms with E-state index in [4.69, 9.17) is 39.5 Å². The van der Waals surface area contributed by atoms with Crippen LogP contribution < -0.4 is 4.74 Å². The Morgan fingerprint density at radius 2 is 1.86 bits per heavy atom. The van der Waals surface area contributed by atoms with Crippen molar-refractivity contribution < 1.29 is 9.53 Å². The molecule has 0 N–H and O–H groups in total. The molecule has 0 heterocycles. The SMILES string of the molecule is O=C(Cl)CC(Cl)(Cl)Oc1ccccc1. The van der Waals surface area contributed by atoms with Gasteiger partial charge in [0.25, 0.3) is 4.52 Å². The summed E-state index contributed by atoms with van der Waals surface area (Å²) in [7, 11) is 0. The zero-order valence-corrected chi connectivity index (χ0v) is 9.31. The fourth-order valence-corrected chi connectivity index (χ4v) is 1.60. The van der Waals surface area contributed by atoms with Gasteiger partial charge in [-0.1, -0.05) is 41.4 Å². The number of para-hydroxylation sites is 1. The Labute approximate surface area is 96.7 Å². The van der Waals surface area contributed by atoms with Crippen LogP contribution in [0.4, 0.5) is 0 Å². The number of halogens is 3. The molecule has 76 valence electrons. The highest BCUT2D eigenvalue weighted by Crippen LogP contribution is 2.29. The summed E-state index contributed by atoms with van der Waals surface area (Å²) in [6.45, 7) is 0. The van der Waals surface area contributed by atoms with E-state index in [1.165, 1.54) is 0 Å². The van der Waals surface area contributed by atoms with Crippen molar-refractivity contribution in [2.24, 2.45) is 0 Å². The smallest absolute Gasteiger partial charge is 0.266 e. The van der Waals surface area contributed by atoms with E-state index < -0.39 is 9.76 Å². The summed E-state index contributed by atoms with van der Waals surface area (Å²) >= 11 is 16.5. The molecule has 5 heteroatoms. The van der Waals surface area contributed by atoms with Crippen LogP contribution in [0, 0.1) is 0 Å². The van der Waals surface area contributed by atoms with Gasteiger partial charge in [-0.3, -0.25) is 4.79 Å². The van der Waals surface area contributed by atoms with E-state index in [0.717, 1.165) is 0 Å². The summed E-state index contributed by atoms with van der Waals surface area (Å²) in [5, 5.41) is -0.647. The summed E-state index contributed by atoms with van der Waals surface area (Å²) in [4.78, 5) is 10.6. The molecule has 1 aromatic rings. The van der Waals surface area contributed by atoms with Crippen molar-refractivity contribution in [2.75, 3.05) is 0 Å². The molecular weight excluding hydrogens is 246 g/mol. The van der Waals surface area contributed by atoms with Gasteiger partial charge in [-0.25, -0.2) is 0 Å². The second kappa shape index (κ2) is 4.87. The van der Waals surface area contributed by atoms with Crippen molar-refractivity contribution in [3.05, 3.63) is 30.3 Å². The quantitative estimate of drug-likeness (QED) is 0.607. The Morgan fingerprint density at radius 1 is 1.29 bits per heavy atom. The first-order valence-corrected chi connectivity index (χ1v) is 4.93. The van der Waals surface area contributed by atoms with Crippen LogP contribution in [0.15, 0.2) is 30.3 Å².